The molecule has 0 spiro atoms. The van der Waals surface area contributed by atoms with Gasteiger partial charge in [-0.05, 0) is 43.1 Å². The molecular formula is C14H25NO2Si. The molecule has 0 amide bonds. The Labute approximate surface area is 111 Å². The zero-order valence-corrected chi connectivity index (χ0v) is 12.9. The SMILES string of the molecule is CC(C)(CCCOc1ccccc1N)[Si](C)(C)O. The van der Waals surface area contributed by atoms with Crippen LogP contribution in [0.2, 0.25) is 18.1 Å². The van der Waals surface area contributed by atoms with E-state index in [1.807, 2.05) is 37.4 Å². The molecule has 0 aliphatic heterocycles. The van der Waals surface area contributed by atoms with E-state index in [0.29, 0.717) is 12.3 Å². The van der Waals surface area contributed by atoms with Crippen molar-refractivity contribution in [3.05, 3.63) is 24.3 Å². The minimum Gasteiger partial charge on any atom is -0.491 e. The van der Waals surface area contributed by atoms with E-state index in [0.717, 1.165) is 18.6 Å². The van der Waals surface area contributed by atoms with Crippen LogP contribution < -0.4 is 10.5 Å². The van der Waals surface area contributed by atoms with Crippen molar-refractivity contribution >= 4 is 14.0 Å². The third-order valence-electron chi connectivity index (χ3n) is 3.78. The zero-order valence-electron chi connectivity index (χ0n) is 11.9. The molecule has 0 atom stereocenters. The van der Waals surface area contributed by atoms with Gasteiger partial charge in [0.05, 0.1) is 12.3 Å². The number of hydrogen-bond donors (Lipinski definition) is 2. The van der Waals surface area contributed by atoms with E-state index in [1.165, 1.54) is 0 Å². The normalized spacial score (nSPS) is 12.5. The lowest BCUT2D eigenvalue weighted by Gasteiger charge is -2.35. The van der Waals surface area contributed by atoms with E-state index in [9.17, 15) is 4.80 Å². The van der Waals surface area contributed by atoms with E-state index in [4.69, 9.17) is 10.5 Å². The van der Waals surface area contributed by atoms with Crippen LogP contribution >= 0.6 is 0 Å². The molecule has 0 bridgehead atoms. The topological polar surface area (TPSA) is 55.5 Å². The Hall–Kier alpha value is -1.00. The van der Waals surface area contributed by atoms with E-state index in [2.05, 4.69) is 13.8 Å². The maximum atomic E-state index is 10.2. The summed E-state index contributed by atoms with van der Waals surface area (Å²) in [4.78, 5) is 10.2. The van der Waals surface area contributed by atoms with Crippen LogP contribution in [0.1, 0.15) is 26.7 Å². The van der Waals surface area contributed by atoms with Crippen molar-refractivity contribution in [3.63, 3.8) is 0 Å². The summed E-state index contributed by atoms with van der Waals surface area (Å²) >= 11 is 0. The smallest absolute Gasteiger partial charge is 0.188 e. The highest BCUT2D eigenvalue weighted by Crippen LogP contribution is 2.39. The van der Waals surface area contributed by atoms with E-state index < -0.39 is 8.32 Å². The van der Waals surface area contributed by atoms with Crippen LogP contribution in [0.25, 0.3) is 0 Å². The average molecular weight is 267 g/mol. The third-order valence-corrected chi connectivity index (χ3v) is 7.34. The van der Waals surface area contributed by atoms with Crippen LogP contribution in [0.4, 0.5) is 5.69 Å². The van der Waals surface area contributed by atoms with Crippen molar-refractivity contribution in [2.75, 3.05) is 12.3 Å². The van der Waals surface area contributed by atoms with E-state index in [-0.39, 0.29) is 5.04 Å². The summed E-state index contributed by atoms with van der Waals surface area (Å²) in [6.07, 6.45) is 1.90. The molecule has 0 fully saturated rings. The molecule has 1 rings (SSSR count). The molecule has 0 saturated heterocycles. The number of para-hydroxylation sites is 2. The van der Waals surface area contributed by atoms with Gasteiger partial charge in [0.15, 0.2) is 8.32 Å². The summed E-state index contributed by atoms with van der Waals surface area (Å²) in [6, 6.07) is 7.53. The minimum atomic E-state index is -2.11. The molecule has 1 aromatic rings. The van der Waals surface area contributed by atoms with Gasteiger partial charge in [0.2, 0.25) is 0 Å². The van der Waals surface area contributed by atoms with Crippen molar-refractivity contribution < 1.29 is 9.53 Å². The Morgan fingerprint density at radius 3 is 2.44 bits per heavy atom. The third kappa shape index (κ3) is 4.03. The lowest BCUT2D eigenvalue weighted by Crippen LogP contribution is -2.39. The molecule has 4 heteroatoms. The van der Waals surface area contributed by atoms with Gasteiger partial charge in [-0.2, -0.15) is 0 Å². The molecule has 18 heavy (non-hydrogen) atoms. The fraction of sp³-hybridized carbons (Fsp3) is 0.571. The number of anilines is 1. The predicted octanol–water partition coefficient (Wildman–Crippen LogP) is 3.41. The maximum Gasteiger partial charge on any atom is 0.188 e. The quantitative estimate of drug-likeness (QED) is 0.472. The number of ether oxygens (including phenoxy) is 1. The van der Waals surface area contributed by atoms with Crippen LogP contribution in [0.15, 0.2) is 24.3 Å². The first-order valence-corrected chi connectivity index (χ1v) is 9.38. The summed E-state index contributed by atoms with van der Waals surface area (Å²) in [5.74, 6) is 0.746. The van der Waals surface area contributed by atoms with Gasteiger partial charge in [-0.25, -0.2) is 0 Å². The Balaban J connectivity index is 2.38. The molecule has 0 unspecified atom stereocenters. The van der Waals surface area contributed by atoms with Crippen molar-refractivity contribution in [1.82, 2.24) is 0 Å². The van der Waals surface area contributed by atoms with Crippen molar-refractivity contribution in [1.29, 1.82) is 0 Å². The van der Waals surface area contributed by atoms with Gasteiger partial charge < -0.3 is 15.3 Å². The standard InChI is InChI=1S/C14H25NO2Si/c1-14(2,18(3,4)16)10-7-11-17-13-9-6-5-8-12(13)15/h5-6,8-9,16H,7,10-11,15H2,1-4H3. The van der Waals surface area contributed by atoms with E-state index in [1.54, 1.807) is 0 Å². The predicted molar refractivity (Wildman–Crippen MR) is 79.3 cm³/mol. The Morgan fingerprint density at radius 1 is 1.28 bits per heavy atom. The number of nitrogen functional groups attached to an aromatic ring is 1. The second kappa shape index (κ2) is 5.76. The molecule has 3 N–H and O–H groups in total. The molecule has 0 aliphatic rings. The molecule has 3 nitrogen and oxygen atoms in total. The molecule has 102 valence electrons. The first-order valence-electron chi connectivity index (χ1n) is 6.44. The molecule has 0 radical (unpaired) electrons. The largest absolute Gasteiger partial charge is 0.491 e. The summed E-state index contributed by atoms with van der Waals surface area (Å²) in [5, 5.41) is 0.0125. The monoisotopic (exact) mass is 267 g/mol. The van der Waals surface area contributed by atoms with E-state index >= 15 is 0 Å². The van der Waals surface area contributed by atoms with Gasteiger partial charge in [0.1, 0.15) is 5.75 Å². The lowest BCUT2D eigenvalue weighted by molar-refractivity contribution is 0.296. The van der Waals surface area contributed by atoms with Gasteiger partial charge in [-0.1, -0.05) is 26.0 Å². The number of hydrogen-bond acceptors (Lipinski definition) is 3. The Kier molecular flexibility index (Phi) is 4.82. The van der Waals surface area contributed by atoms with Crippen LogP contribution in [-0.2, 0) is 0 Å². The molecular weight excluding hydrogens is 242 g/mol. The number of nitrogens with two attached hydrogens (primary N) is 1. The second-order valence-corrected chi connectivity index (χ2v) is 10.4. The van der Waals surface area contributed by atoms with Gasteiger partial charge >= 0.3 is 0 Å². The second-order valence-electron chi connectivity index (χ2n) is 5.93. The van der Waals surface area contributed by atoms with Crippen molar-refractivity contribution in [2.24, 2.45) is 0 Å². The number of benzene rings is 1. The molecule has 0 heterocycles. The Bertz CT molecular complexity index is 386. The van der Waals surface area contributed by atoms with Crippen LogP contribution in [0.5, 0.6) is 5.75 Å². The highest BCUT2D eigenvalue weighted by Gasteiger charge is 2.37. The van der Waals surface area contributed by atoms with Crippen LogP contribution in [0.3, 0.4) is 0 Å². The lowest BCUT2D eigenvalue weighted by atomic mass is 10.1. The fourth-order valence-corrected chi connectivity index (χ4v) is 2.40. The van der Waals surface area contributed by atoms with Crippen molar-refractivity contribution in [3.8, 4) is 5.75 Å². The summed E-state index contributed by atoms with van der Waals surface area (Å²) < 4.78 is 5.65. The summed E-state index contributed by atoms with van der Waals surface area (Å²) in [6.45, 7) is 8.89. The molecule has 0 saturated carbocycles. The highest BCUT2D eigenvalue weighted by atomic mass is 28.4. The first-order chi connectivity index (χ1) is 8.24. The Morgan fingerprint density at radius 2 is 1.89 bits per heavy atom. The fourth-order valence-electron chi connectivity index (χ4n) is 1.61. The van der Waals surface area contributed by atoms with Gasteiger partial charge in [-0.3, -0.25) is 0 Å². The van der Waals surface area contributed by atoms with Crippen LogP contribution in [0, 0.1) is 0 Å². The molecule has 1 aromatic carbocycles. The first kappa shape index (κ1) is 15.1. The van der Waals surface area contributed by atoms with Gasteiger partial charge in [-0.15, -0.1) is 0 Å². The van der Waals surface area contributed by atoms with Crippen LogP contribution in [-0.4, -0.2) is 19.7 Å². The number of rotatable bonds is 6. The average Bonchev–Trinajstić information content (AvgIpc) is 2.25. The highest BCUT2D eigenvalue weighted by molar-refractivity contribution is 6.72. The maximum absolute atomic E-state index is 10.2. The molecule has 0 aromatic heterocycles. The summed E-state index contributed by atoms with van der Waals surface area (Å²) in [7, 11) is -2.11. The van der Waals surface area contributed by atoms with Gasteiger partial charge in [0.25, 0.3) is 0 Å². The zero-order chi connectivity index (χ0) is 13.8. The minimum absolute atomic E-state index is 0.0125. The van der Waals surface area contributed by atoms with Crippen molar-refractivity contribution in [2.45, 2.75) is 44.8 Å². The molecule has 0 aliphatic carbocycles. The summed E-state index contributed by atoms with van der Waals surface area (Å²) in [5.41, 5.74) is 6.47. The van der Waals surface area contributed by atoms with Gasteiger partial charge in [0, 0.05) is 0 Å².